The van der Waals surface area contributed by atoms with Crippen LogP contribution in [0.3, 0.4) is 0 Å². The number of likely N-dealkylation sites (tertiary alicyclic amines) is 1. The molecule has 41 heavy (non-hydrogen) atoms. The van der Waals surface area contributed by atoms with Crippen molar-refractivity contribution in [1.82, 2.24) is 29.2 Å². The maximum absolute atomic E-state index is 10.6. The zero-order valence-corrected chi connectivity index (χ0v) is 22.9. The number of aromatic nitrogens is 5. The highest BCUT2D eigenvalue weighted by atomic mass is 19.4. The normalized spacial score (nSPS) is 14.8. The molecule has 1 fully saturated rings. The van der Waals surface area contributed by atoms with Crippen LogP contribution in [0.25, 0.3) is 22.3 Å². The number of rotatable bonds is 5. The van der Waals surface area contributed by atoms with Crippen LogP contribution in [0.1, 0.15) is 57.7 Å². The van der Waals surface area contributed by atoms with Crippen molar-refractivity contribution in [2.24, 2.45) is 7.05 Å². The largest absolute Gasteiger partial charge is 0.490 e. The summed E-state index contributed by atoms with van der Waals surface area (Å²) in [6.07, 6.45) is -0.701. The van der Waals surface area contributed by atoms with Gasteiger partial charge in [-0.2, -0.15) is 31.4 Å². The number of fused-ring (bicyclic) bond motifs is 1. The first-order valence-corrected chi connectivity index (χ1v) is 12.6. The number of carboxylic acids is 2. The summed E-state index contributed by atoms with van der Waals surface area (Å²) in [7, 11) is 1.95. The Morgan fingerprint density at radius 3 is 2.00 bits per heavy atom. The van der Waals surface area contributed by atoms with Crippen LogP contribution >= 0.6 is 0 Å². The number of pyridine rings is 1. The van der Waals surface area contributed by atoms with Crippen molar-refractivity contribution in [2.75, 3.05) is 19.6 Å². The standard InChI is InChI=1S/C21H30N6.2C2HF3O2/c1-5-8-26-9-6-16(7-10-26)18-11-19-21(22-14-27(19)15(2)3)20(24-18)17-12-23-25(4)13-17;2*3-2(4,5)1(6)7/h11-16H,5-10H2,1-4H3;2*(H,6,7). The van der Waals surface area contributed by atoms with Gasteiger partial charge in [0.05, 0.1) is 18.0 Å². The molecule has 10 nitrogen and oxygen atoms in total. The van der Waals surface area contributed by atoms with Crippen LogP contribution in [-0.2, 0) is 16.6 Å². The Balaban J connectivity index is 0.000000349. The van der Waals surface area contributed by atoms with E-state index >= 15 is 0 Å². The van der Waals surface area contributed by atoms with E-state index in [4.69, 9.17) is 29.8 Å². The second-order valence-electron chi connectivity index (χ2n) is 9.63. The Labute approximate surface area is 231 Å². The summed E-state index contributed by atoms with van der Waals surface area (Å²) < 4.78 is 67.6. The Hall–Kier alpha value is -3.69. The molecule has 1 aliphatic rings. The number of alkyl halides is 6. The Kier molecular flexibility index (Phi) is 11.3. The zero-order valence-electron chi connectivity index (χ0n) is 22.9. The molecule has 0 saturated carbocycles. The van der Waals surface area contributed by atoms with Crippen molar-refractivity contribution < 1.29 is 46.1 Å². The number of aryl methyl sites for hydroxylation is 1. The Bertz CT molecular complexity index is 1290. The second kappa shape index (κ2) is 13.8. The van der Waals surface area contributed by atoms with E-state index in [0.29, 0.717) is 12.0 Å². The van der Waals surface area contributed by atoms with E-state index in [1.165, 1.54) is 50.1 Å². The average molecular weight is 595 g/mol. The van der Waals surface area contributed by atoms with Crippen molar-refractivity contribution in [1.29, 1.82) is 0 Å². The molecular formula is C25H32F6N6O4. The lowest BCUT2D eigenvalue weighted by Gasteiger charge is -2.31. The van der Waals surface area contributed by atoms with Crippen LogP contribution in [0.4, 0.5) is 26.3 Å². The van der Waals surface area contributed by atoms with Gasteiger partial charge in [0.1, 0.15) is 11.2 Å². The molecule has 16 heteroatoms. The second-order valence-corrected chi connectivity index (χ2v) is 9.63. The lowest BCUT2D eigenvalue weighted by molar-refractivity contribution is -0.193. The van der Waals surface area contributed by atoms with Gasteiger partial charge in [-0.1, -0.05) is 6.92 Å². The average Bonchev–Trinajstić information content (AvgIpc) is 3.50. The number of hydrogen-bond acceptors (Lipinski definition) is 6. The van der Waals surface area contributed by atoms with Gasteiger partial charge in [0.2, 0.25) is 0 Å². The third kappa shape index (κ3) is 9.43. The van der Waals surface area contributed by atoms with Gasteiger partial charge in [0.25, 0.3) is 0 Å². The molecule has 0 radical (unpaired) electrons. The fraction of sp³-hybridized carbons (Fsp3) is 0.560. The number of imidazole rings is 1. The molecule has 0 amide bonds. The summed E-state index contributed by atoms with van der Waals surface area (Å²) in [6.45, 7) is 10.2. The van der Waals surface area contributed by atoms with Crippen LogP contribution < -0.4 is 0 Å². The number of aliphatic carboxylic acids is 2. The molecule has 4 heterocycles. The van der Waals surface area contributed by atoms with Gasteiger partial charge in [0, 0.05) is 36.5 Å². The molecule has 0 unspecified atom stereocenters. The maximum Gasteiger partial charge on any atom is 0.490 e. The number of carboxylic acid groups (broad SMARTS) is 2. The van der Waals surface area contributed by atoms with E-state index in [1.807, 2.05) is 30.5 Å². The van der Waals surface area contributed by atoms with Crippen molar-refractivity contribution >= 4 is 23.0 Å². The molecule has 1 saturated heterocycles. The molecular weight excluding hydrogens is 562 g/mol. The SMILES string of the molecule is CCCN1CCC(c2cc3c(ncn3C(C)C)c(-c3cnn(C)c3)n2)CC1.O=C(O)C(F)(F)F.O=C(O)C(F)(F)F. The monoisotopic (exact) mass is 594 g/mol. The van der Waals surface area contributed by atoms with Crippen LogP contribution in [-0.4, -0.2) is 83.4 Å². The summed E-state index contributed by atoms with van der Waals surface area (Å²) in [4.78, 5) is 30.2. The molecule has 3 aromatic rings. The van der Waals surface area contributed by atoms with Gasteiger partial charge >= 0.3 is 24.3 Å². The molecule has 4 rings (SSSR count). The minimum Gasteiger partial charge on any atom is -0.475 e. The summed E-state index contributed by atoms with van der Waals surface area (Å²) in [5.41, 5.74) is 5.38. The zero-order chi connectivity index (χ0) is 31.1. The highest BCUT2D eigenvalue weighted by Crippen LogP contribution is 2.33. The summed E-state index contributed by atoms with van der Waals surface area (Å²) in [5.74, 6) is -4.99. The third-order valence-electron chi connectivity index (χ3n) is 6.15. The molecule has 0 aliphatic carbocycles. The van der Waals surface area contributed by atoms with Gasteiger partial charge in [-0.15, -0.1) is 0 Å². The van der Waals surface area contributed by atoms with E-state index in [-0.39, 0.29) is 0 Å². The van der Waals surface area contributed by atoms with E-state index < -0.39 is 24.3 Å². The van der Waals surface area contributed by atoms with Gasteiger partial charge in [0.15, 0.2) is 0 Å². The van der Waals surface area contributed by atoms with Crippen LogP contribution in [0.5, 0.6) is 0 Å². The lowest BCUT2D eigenvalue weighted by Crippen LogP contribution is -2.33. The number of piperidine rings is 1. The molecule has 3 aromatic heterocycles. The smallest absolute Gasteiger partial charge is 0.475 e. The minimum absolute atomic E-state index is 0.374. The van der Waals surface area contributed by atoms with Gasteiger partial charge in [-0.25, -0.2) is 19.6 Å². The van der Waals surface area contributed by atoms with Crippen molar-refractivity contribution in [2.45, 2.75) is 64.3 Å². The molecule has 0 aromatic carbocycles. The molecule has 1 aliphatic heterocycles. The van der Waals surface area contributed by atoms with E-state index in [2.05, 4.69) is 41.4 Å². The molecule has 0 spiro atoms. The predicted octanol–water partition coefficient (Wildman–Crippen LogP) is 5.27. The number of nitrogens with zero attached hydrogens (tertiary/aromatic N) is 6. The van der Waals surface area contributed by atoms with Crippen LogP contribution in [0, 0.1) is 0 Å². The molecule has 228 valence electrons. The van der Waals surface area contributed by atoms with Crippen molar-refractivity contribution in [3.05, 3.63) is 30.5 Å². The van der Waals surface area contributed by atoms with Crippen LogP contribution in [0.2, 0.25) is 0 Å². The number of hydrogen-bond donors (Lipinski definition) is 2. The van der Waals surface area contributed by atoms with E-state index in [0.717, 1.165) is 16.8 Å². The topological polar surface area (TPSA) is 126 Å². The van der Waals surface area contributed by atoms with Crippen LogP contribution in [0.15, 0.2) is 24.8 Å². The number of halogens is 6. The van der Waals surface area contributed by atoms with Crippen molar-refractivity contribution in [3.8, 4) is 11.3 Å². The lowest BCUT2D eigenvalue weighted by atomic mass is 9.92. The maximum atomic E-state index is 10.6. The fourth-order valence-electron chi connectivity index (χ4n) is 4.18. The fourth-order valence-corrected chi connectivity index (χ4v) is 4.18. The molecule has 0 atom stereocenters. The first-order valence-electron chi connectivity index (χ1n) is 12.6. The summed E-state index contributed by atoms with van der Waals surface area (Å²) >= 11 is 0. The minimum atomic E-state index is -5.08. The third-order valence-corrected chi connectivity index (χ3v) is 6.15. The highest BCUT2D eigenvalue weighted by Gasteiger charge is 2.38. The Morgan fingerprint density at radius 2 is 1.59 bits per heavy atom. The van der Waals surface area contributed by atoms with Crippen molar-refractivity contribution in [3.63, 3.8) is 0 Å². The van der Waals surface area contributed by atoms with Gasteiger partial charge in [-0.3, -0.25) is 4.68 Å². The predicted molar refractivity (Wildman–Crippen MR) is 136 cm³/mol. The van der Waals surface area contributed by atoms with Gasteiger partial charge < -0.3 is 19.7 Å². The quantitative estimate of drug-likeness (QED) is 0.383. The first kappa shape index (κ1) is 33.5. The highest BCUT2D eigenvalue weighted by molar-refractivity contribution is 5.90. The Morgan fingerprint density at radius 1 is 1.05 bits per heavy atom. The first-order chi connectivity index (χ1) is 18.9. The number of carbonyl (C=O) groups is 2. The molecule has 2 N–H and O–H groups in total. The van der Waals surface area contributed by atoms with E-state index in [1.54, 1.807) is 0 Å². The van der Waals surface area contributed by atoms with E-state index in [9.17, 15) is 26.3 Å². The summed E-state index contributed by atoms with van der Waals surface area (Å²) in [6, 6.07) is 2.65. The van der Waals surface area contributed by atoms with Gasteiger partial charge in [-0.05, 0) is 58.8 Å². The molecule has 0 bridgehead atoms. The summed E-state index contributed by atoms with van der Waals surface area (Å²) in [5, 5.41) is 18.6.